The van der Waals surface area contributed by atoms with E-state index in [4.69, 9.17) is 15.7 Å². The Morgan fingerprint density at radius 1 is 1.53 bits per heavy atom. The number of pyridine rings is 1. The highest BCUT2D eigenvalue weighted by atomic mass is 16.5. The van der Waals surface area contributed by atoms with Crippen molar-refractivity contribution in [3.8, 4) is 11.9 Å². The largest absolute Gasteiger partial charge is 0.476 e. The summed E-state index contributed by atoms with van der Waals surface area (Å²) in [7, 11) is 0. The summed E-state index contributed by atoms with van der Waals surface area (Å²) in [5.41, 5.74) is 6.43. The first-order chi connectivity index (χ1) is 9.26. The Morgan fingerprint density at radius 2 is 2.32 bits per heavy atom. The average molecular weight is 260 g/mol. The molecule has 0 unspecified atom stereocenters. The summed E-state index contributed by atoms with van der Waals surface area (Å²) >= 11 is 0. The van der Waals surface area contributed by atoms with E-state index in [-0.39, 0.29) is 0 Å². The van der Waals surface area contributed by atoms with Crippen LogP contribution in [0.5, 0.6) is 5.88 Å². The molecule has 1 aromatic rings. The van der Waals surface area contributed by atoms with Gasteiger partial charge in [0.1, 0.15) is 5.82 Å². The molecule has 0 amide bonds. The van der Waals surface area contributed by atoms with Crippen molar-refractivity contribution in [2.45, 2.75) is 38.6 Å². The van der Waals surface area contributed by atoms with Crippen molar-refractivity contribution in [2.24, 2.45) is 0 Å². The van der Waals surface area contributed by atoms with Crippen molar-refractivity contribution in [1.82, 2.24) is 4.98 Å². The second-order valence-electron chi connectivity index (χ2n) is 4.74. The van der Waals surface area contributed by atoms with Gasteiger partial charge in [0.2, 0.25) is 5.88 Å². The van der Waals surface area contributed by atoms with Gasteiger partial charge in [-0.2, -0.15) is 10.2 Å². The fourth-order valence-corrected chi connectivity index (χ4v) is 1.96. The Morgan fingerprint density at radius 3 is 2.95 bits per heavy atom. The summed E-state index contributed by atoms with van der Waals surface area (Å²) in [5, 5.41) is 8.74. The normalized spacial score (nSPS) is 13.9. The maximum absolute atomic E-state index is 8.74. The van der Waals surface area contributed by atoms with Gasteiger partial charge in [0, 0.05) is 12.6 Å². The molecule has 1 aliphatic carbocycles. The number of aromatic nitrogens is 1. The molecular weight excluding hydrogens is 240 g/mol. The first kappa shape index (κ1) is 13.5. The third kappa shape index (κ3) is 3.50. The minimum Gasteiger partial charge on any atom is -0.476 e. The second kappa shape index (κ2) is 6.28. The molecule has 0 spiro atoms. The van der Waals surface area contributed by atoms with E-state index in [9.17, 15) is 0 Å². The number of nitrogens with two attached hydrogens (primary N) is 1. The Bertz CT molecular complexity index is 465. The molecule has 0 radical (unpaired) electrons. The number of ether oxygens (including phenoxy) is 1. The van der Waals surface area contributed by atoms with Gasteiger partial charge in [0.05, 0.1) is 24.8 Å². The Kier molecular flexibility index (Phi) is 4.45. The number of nitriles is 1. The lowest BCUT2D eigenvalue weighted by Crippen LogP contribution is -2.27. The summed E-state index contributed by atoms with van der Waals surface area (Å²) in [6.07, 6.45) is 3.77. The minimum absolute atomic E-state index is 0.502. The van der Waals surface area contributed by atoms with Crippen LogP contribution in [-0.2, 0) is 0 Å². The molecule has 5 nitrogen and oxygen atoms in total. The lowest BCUT2D eigenvalue weighted by Gasteiger charge is -2.23. The van der Waals surface area contributed by atoms with Crippen molar-refractivity contribution in [2.75, 3.05) is 23.8 Å². The zero-order valence-corrected chi connectivity index (χ0v) is 11.3. The molecule has 1 fully saturated rings. The van der Waals surface area contributed by atoms with Crippen molar-refractivity contribution in [1.29, 1.82) is 5.26 Å². The van der Waals surface area contributed by atoms with Gasteiger partial charge in [0.15, 0.2) is 0 Å². The van der Waals surface area contributed by atoms with Gasteiger partial charge in [0.25, 0.3) is 0 Å². The fourth-order valence-electron chi connectivity index (χ4n) is 1.96. The molecular formula is C14H20N4O. The Labute approximate surface area is 114 Å². The molecule has 102 valence electrons. The van der Waals surface area contributed by atoms with E-state index >= 15 is 0 Å². The average Bonchev–Trinajstić information content (AvgIpc) is 3.24. The first-order valence-corrected chi connectivity index (χ1v) is 6.79. The van der Waals surface area contributed by atoms with Crippen LogP contribution in [0.4, 0.5) is 11.5 Å². The third-order valence-corrected chi connectivity index (χ3v) is 3.06. The number of rotatable bonds is 7. The molecule has 1 aliphatic rings. The molecule has 2 rings (SSSR count). The van der Waals surface area contributed by atoms with Crippen LogP contribution >= 0.6 is 0 Å². The summed E-state index contributed by atoms with van der Waals surface area (Å²) in [6.45, 7) is 3.37. The second-order valence-corrected chi connectivity index (χ2v) is 4.74. The quantitative estimate of drug-likeness (QED) is 0.814. The summed E-state index contributed by atoms with van der Waals surface area (Å²) in [6, 6.07) is 6.44. The van der Waals surface area contributed by atoms with Crippen LogP contribution in [0, 0.1) is 11.3 Å². The van der Waals surface area contributed by atoms with E-state index in [1.54, 1.807) is 0 Å². The highest BCUT2D eigenvalue weighted by molar-refractivity contribution is 5.55. The molecule has 0 aromatic carbocycles. The van der Waals surface area contributed by atoms with Crippen LogP contribution < -0.4 is 15.4 Å². The van der Waals surface area contributed by atoms with E-state index in [0.29, 0.717) is 37.2 Å². The Hall–Kier alpha value is -1.96. The summed E-state index contributed by atoms with van der Waals surface area (Å²) in [4.78, 5) is 6.68. The predicted octanol–water partition coefficient (Wildman–Crippen LogP) is 2.34. The predicted molar refractivity (Wildman–Crippen MR) is 75.0 cm³/mol. The number of nitrogen functional groups attached to an aromatic ring is 1. The number of hydrogen-bond donors (Lipinski definition) is 1. The zero-order valence-electron chi connectivity index (χ0n) is 11.3. The van der Waals surface area contributed by atoms with Crippen LogP contribution in [0.1, 0.15) is 32.6 Å². The van der Waals surface area contributed by atoms with Gasteiger partial charge in [-0.25, -0.2) is 0 Å². The molecule has 1 aromatic heterocycles. The molecule has 19 heavy (non-hydrogen) atoms. The fraction of sp³-hybridized carbons (Fsp3) is 0.571. The van der Waals surface area contributed by atoms with Gasteiger partial charge in [-0.05, 0) is 31.4 Å². The SMILES string of the molecule is CCCOc1nc(N(CCC#N)C2CC2)ccc1N. The van der Waals surface area contributed by atoms with Crippen molar-refractivity contribution in [3.05, 3.63) is 12.1 Å². The molecule has 2 N–H and O–H groups in total. The molecule has 0 saturated heterocycles. The van der Waals surface area contributed by atoms with Crippen LogP contribution in [0.3, 0.4) is 0 Å². The van der Waals surface area contributed by atoms with Crippen LogP contribution in [0.25, 0.3) is 0 Å². The molecule has 1 heterocycles. The topological polar surface area (TPSA) is 75.2 Å². The zero-order chi connectivity index (χ0) is 13.7. The van der Waals surface area contributed by atoms with Crippen LogP contribution in [0.2, 0.25) is 0 Å². The van der Waals surface area contributed by atoms with Gasteiger partial charge in [-0.1, -0.05) is 6.92 Å². The van der Waals surface area contributed by atoms with Gasteiger partial charge in [-0.3, -0.25) is 0 Å². The summed E-state index contributed by atoms with van der Waals surface area (Å²) < 4.78 is 5.55. The maximum Gasteiger partial charge on any atom is 0.239 e. The highest BCUT2D eigenvalue weighted by Crippen LogP contribution is 2.32. The number of anilines is 2. The first-order valence-electron chi connectivity index (χ1n) is 6.79. The van der Waals surface area contributed by atoms with Crippen molar-refractivity contribution in [3.63, 3.8) is 0 Å². The van der Waals surface area contributed by atoms with Gasteiger partial charge in [-0.15, -0.1) is 0 Å². The lowest BCUT2D eigenvalue weighted by molar-refractivity contribution is 0.307. The molecule has 1 saturated carbocycles. The smallest absolute Gasteiger partial charge is 0.239 e. The van der Waals surface area contributed by atoms with E-state index < -0.39 is 0 Å². The monoisotopic (exact) mass is 260 g/mol. The molecule has 0 atom stereocenters. The highest BCUT2D eigenvalue weighted by Gasteiger charge is 2.30. The van der Waals surface area contributed by atoms with Crippen molar-refractivity contribution < 1.29 is 4.74 Å². The van der Waals surface area contributed by atoms with E-state index in [0.717, 1.165) is 12.2 Å². The van der Waals surface area contributed by atoms with Crippen LogP contribution in [-0.4, -0.2) is 24.2 Å². The Balaban J connectivity index is 2.15. The lowest BCUT2D eigenvalue weighted by atomic mass is 10.3. The molecule has 0 aliphatic heterocycles. The number of hydrogen-bond acceptors (Lipinski definition) is 5. The van der Waals surface area contributed by atoms with Crippen molar-refractivity contribution >= 4 is 11.5 Å². The van der Waals surface area contributed by atoms with Gasteiger partial charge < -0.3 is 15.4 Å². The van der Waals surface area contributed by atoms with E-state index in [1.165, 1.54) is 12.8 Å². The molecule has 0 bridgehead atoms. The third-order valence-electron chi connectivity index (χ3n) is 3.06. The number of nitrogens with zero attached hydrogens (tertiary/aromatic N) is 3. The standard InChI is InChI=1S/C14H20N4O/c1-2-10-19-14-12(16)6-7-13(17-14)18(9-3-8-15)11-4-5-11/h6-7,11H,2-5,9-10,16H2,1H3. The summed E-state index contributed by atoms with van der Waals surface area (Å²) in [5.74, 6) is 1.36. The maximum atomic E-state index is 8.74. The van der Waals surface area contributed by atoms with E-state index in [1.807, 2.05) is 19.1 Å². The minimum atomic E-state index is 0.502. The molecule has 5 heteroatoms. The van der Waals surface area contributed by atoms with E-state index in [2.05, 4.69) is 16.0 Å². The van der Waals surface area contributed by atoms with Gasteiger partial charge >= 0.3 is 0 Å². The van der Waals surface area contributed by atoms with Crippen LogP contribution in [0.15, 0.2) is 12.1 Å².